The van der Waals surface area contributed by atoms with Crippen LogP contribution >= 0.6 is 0 Å². The van der Waals surface area contributed by atoms with E-state index in [-0.39, 0.29) is 5.54 Å². The van der Waals surface area contributed by atoms with Crippen molar-refractivity contribution >= 4 is 20.5 Å². The fourth-order valence-electron chi connectivity index (χ4n) is 1.51. The predicted octanol–water partition coefficient (Wildman–Crippen LogP) is 1.68. The van der Waals surface area contributed by atoms with Crippen molar-refractivity contribution < 1.29 is 18.4 Å². The van der Waals surface area contributed by atoms with Crippen molar-refractivity contribution in [3.8, 4) is 0 Å². The highest BCUT2D eigenvalue weighted by Gasteiger charge is 2.45. The van der Waals surface area contributed by atoms with Gasteiger partial charge in [0.15, 0.2) is 0 Å². The van der Waals surface area contributed by atoms with E-state index in [4.69, 9.17) is 8.85 Å². The van der Waals surface area contributed by atoms with Crippen LogP contribution in [0.3, 0.4) is 0 Å². The van der Waals surface area contributed by atoms with Gasteiger partial charge in [0.25, 0.3) is 11.9 Å². The van der Waals surface area contributed by atoms with Crippen LogP contribution < -0.4 is 0 Å². The first-order valence-electron chi connectivity index (χ1n) is 4.68. The van der Waals surface area contributed by atoms with Gasteiger partial charge in [-0.3, -0.25) is 9.59 Å². The molecular formula is C10H14O4Si. The average molecular weight is 226 g/mol. The lowest BCUT2D eigenvalue weighted by Gasteiger charge is -2.28. The molecule has 0 amide bonds. The molecule has 0 spiro atoms. The second kappa shape index (κ2) is 4.44. The summed E-state index contributed by atoms with van der Waals surface area (Å²) in [5.41, 5.74) is -0.0923. The normalized spacial score (nSPS) is 15.4. The van der Waals surface area contributed by atoms with E-state index in [0.29, 0.717) is 0 Å². The molecule has 0 aliphatic heterocycles. The third-order valence-corrected chi connectivity index (χ3v) is 5.03. The van der Waals surface area contributed by atoms with Gasteiger partial charge in [-0.05, 0) is 0 Å². The first kappa shape index (κ1) is 11.7. The molecule has 0 N–H and O–H groups in total. The van der Waals surface area contributed by atoms with Crippen LogP contribution in [0.1, 0.15) is 13.8 Å². The molecule has 1 aliphatic rings. The standard InChI is InChI=1S/C10H14O4Si/c1-8(11)13-15(3,14-9(2)12)10-6-4-5-7-10/h4-7,10H,1-3H3. The summed E-state index contributed by atoms with van der Waals surface area (Å²) in [4.78, 5) is 21.9. The molecule has 0 heterocycles. The zero-order chi connectivity index (χ0) is 11.5. The molecule has 0 aromatic carbocycles. The van der Waals surface area contributed by atoms with Crippen LogP contribution in [0.4, 0.5) is 0 Å². The third-order valence-electron chi connectivity index (χ3n) is 2.05. The highest BCUT2D eigenvalue weighted by molar-refractivity contribution is 6.71. The van der Waals surface area contributed by atoms with E-state index >= 15 is 0 Å². The van der Waals surface area contributed by atoms with Gasteiger partial charge in [0.05, 0.1) is 5.54 Å². The van der Waals surface area contributed by atoms with E-state index in [0.717, 1.165) is 0 Å². The van der Waals surface area contributed by atoms with Crippen molar-refractivity contribution in [3.63, 3.8) is 0 Å². The zero-order valence-electron chi connectivity index (χ0n) is 9.02. The summed E-state index contributed by atoms with van der Waals surface area (Å²) in [6.45, 7) is 4.34. The third kappa shape index (κ3) is 3.05. The van der Waals surface area contributed by atoms with E-state index in [1.54, 1.807) is 6.55 Å². The lowest BCUT2D eigenvalue weighted by atomic mass is 10.5. The van der Waals surface area contributed by atoms with Gasteiger partial charge in [-0.25, -0.2) is 0 Å². The Morgan fingerprint density at radius 1 is 1.07 bits per heavy atom. The topological polar surface area (TPSA) is 52.6 Å². The summed E-state index contributed by atoms with van der Waals surface area (Å²) < 4.78 is 10.4. The second-order valence-corrected chi connectivity index (χ2v) is 6.61. The van der Waals surface area contributed by atoms with E-state index < -0.39 is 20.5 Å². The van der Waals surface area contributed by atoms with Crippen molar-refractivity contribution in [3.05, 3.63) is 24.3 Å². The van der Waals surface area contributed by atoms with Crippen LogP contribution in [0.5, 0.6) is 0 Å². The number of hydrogen-bond acceptors (Lipinski definition) is 4. The smallest absolute Gasteiger partial charge is 0.472 e. The minimum atomic E-state index is -2.82. The molecule has 5 heteroatoms. The maximum atomic E-state index is 11.0. The van der Waals surface area contributed by atoms with Crippen molar-refractivity contribution in [2.75, 3.05) is 0 Å². The van der Waals surface area contributed by atoms with Gasteiger partial charge < -0.3 is 8.85 Å². The molecule has 0 aromatic rings. The van der Waals surface area contributed by atoms with E-state index in [1.807, 2.05) is 24.3 Å². The summed E-state index contributed by atoms with van der Waals surface area (Å²) in [6.07, 6.45) is 7.45. The average Bonchev–Trinajstić information content (AvgIpc) is 2.51. The number of carbonyl (C=O) groups excluding carboxylic acids is 2. The quantitative estimate of drug-likeness (QED) is 0.687. The lowest BCUT2D eigenvalue weighted by Crippen LogP contribution is -2.45. The summed E-state index contributed by atoms with van der Waals surface area (Å²) in [7, 11) is -2.82. The Labute approximate surface area is 89.8 Å². The molecule has 0 radical (unpaired) electrons. The first-order chi connectivity index (χ1) is 6.94. The molecule has 0 saturated carbocycles. The largest absolute Gasteiger partial charge is 0.485 e. The number of carbonyl (C=O) groups is 2. The van der Waals surface area contributed by atoms with Crippen molar-refractivity contribution in [2.24, 2.45) is 0 Å². The van der Waals surface area contributed by atoms with E-state index in [9.17, 15) is 9.59 Å². The molecular weight excluding hydrogens is 212 g/mol. The minimum Gasteiger partial charge on any atom is -0.485 e. The molecule has 82 valence electrons. The Morgan fingerprint density at radius 3 is 1.80 bits per heavy atom. The van der Waals surface area contributed by atoms with Gasteiger partial charge in [0, 0.05) is 20.4 Å². The number of hydrogen-bond donors (Lipinski definition) is 0. The SMILES string of the molecule is CC(=O)O[Si](C)(OC(C)=O)C1C=CC=C1. The van der Waals surface area contributed by atoms with Crippen LogP contribution in [0.2, 0.25) is 12.1 Å². The first-order valence-corrected chi connectivity index (χ1v) is 7.07. The van der Waals surface area contributed by atoms with Crippen LogP contribution in [-0.4, -0.2) is 20.5 Å². The molecule has 4 nitrogen and oxygen atoms in total. The molecule has 15 heavy (non-hydrogen) atoms. The van der Waals surface area contributed by atoms with Gasteiger partial charge >= 0.3 is 8.56 Å². The molecule has 0 unspecified atom stereocenters. The van der Waals surface area contributed by atoms with Gasteiger partial charge in [-0.15, -0.1) is 0 Å². The maximum Gasteiger partial charge on any atom is 0.472 e. The number of allylic oxidation sites excluding steroid dienone is 4. The Balaban J connectivity index is 2.84. The molecule has 0 aromatic heterocycles. The van der Waals surface area contributed by atoms with E-state index in [2.05, 4.69) is 0 Å². The highest BCUT2D eigenvalue weighted by Crippen LogP contribution is 2.30. The zero-order valence-corrected chi connectivity index (χ0v) is 10.0. The summed E-state index contributed by atoms with van der Waals surface area (Å²) >= 11 is 0. The molecule has 0 saturated heterocycles. The highest BCUT2D eigenvalue weighted by atomic mass is 28.4. The molecule has 1 aliphatic carbocycles. The molecule has 0 bridgehead atoms. The fraction of sp³-hybridized carbons (Fsp3) is 0.400. The second-order valence-electron chi connectivity index (χ2n) is 3.50. The maximum absolute atomic E-state index is 11.0. The van der Waals surface area contributed by atoms with Crippen LogP contribution in [0, 0.1) is 0 Å². The summed E-state index contributed by atoms with van der Waals surface area (Å²) in [5, 5.41) is 0. The molecule has 0 atom stereocenters. The predicted molar refractivity (Wildman–Crippen MR) is 57.2 cm³/mol. The van der Waals surface area contributed by atoms with Crippen LogP contribution in [-0.2, 0) is 18.4 Å². The van der Waals surface area contributed by atoms with Crippen molar-refractivity contribution in [2.45, 2.75) is 25.9 Å². The van der Waals surface area contributed by atoms with Crippen molar-refractivity contribution in [1.29, 1.82) is 0 Å². The van der Waals surface area contributed by atoms with Gasteiger partial charge in [-0.2, -0.15) is 0 Å². The van der Waals surface area contributed by atoms with Gasteiger partial charge in [0.1, 0.15) is 0 Å². The lowest BCUT2D eigenvalue weighted by molar-refractivity contribution is -0.138. The fourth-order valence-corrected chi connectivity index (χ4v) is 3.89. The van der Waals surface area contributed by atoms with Gasteiger partial charge in [0.2, 0.25) is 0 Å². The number of rotatable bonds is 3. The molecule has 0 fully saturated rings. The molecule has 1 rings (SSSR count). The summed E-state index contributed by atoms with van der Waals surface area (Å²) in [6, 6.07) is 0. The Hall–Kier alpha value is -1.36. The van der Waals surface area contributed by atoms with E-state index in [1.165, 1.54) is 13.8 Å². The Kier molecular flexibility index (Phi) is 3.46. The summed E-state index contributed by atoms with van der Waals surface area (Å²) in [5.74, 6) is -0.835. The monoisotopic (exact) mass is 226 g/mol. The Morgan fingerprint density at radius 2 is 1.47 bits per heavy atom. The van der Waals surface area contributed by atoms with Gasteiger partial charge in [-0.1, -0.05) is 24.3 Å². The van der Waals surface area contributed by atoms with Crippen molar-refractivity contribution in [1.82, 2.24) is 0 Å². The van der Waals surface area contributed by atoms with Crippen LogP contribution in [0.15, 0.2) is 24.3 Å². The van der Waals surface area contributed by atoms with Crippen LogP contribution in [0.25, 0.3) is 0 Å². The minimum absolute atomic E-state index is 0.0923. The Bertz CT molecular complexity index is 304.